The van der Waals surface area contributed by atoms with Crippen LogP contribution in [0.3, 0.4) is 0 Å². The van der Waals surface area contributed by atoms with Crippen molar-refractivity contribution >= 4 is 0 Å². The van der Waals surface area contributed by atoms with E-state index in [4.69, 9.17) is 0 Å². The molecule has 3 rings (SSSR count). The first-order chi connectivity index (χ1) is 8.66. The Labute approximate surface area is 107 Å². The fourth-order valence-corrected chi connectivity index (χ4v) is 2.87. The van der Waals surface area contributed by atoms with Crippen molar-refractivity contribution in [2.75, 3.05) is 0 Å². The van der Waals surface area contributed by atoms with Gasteiger partial charge in [-0.3, -0.25) is 9.78 Å². The highest BCUT2D eigenvalue weighted by Gasteiger charge is 2.22. The molecule has 0 bridgehead atoms. The van der Waals surface area contributed by atoms with Crippen LogP contribution in [0.1, 0.15) is 48.8 Å². The van der Waals surface area contributed by atoms with Gasteiger partial charge in [-0.05, 0) is 26.7 Å². The Morgan fingerprint density at radius 3 is 2.56 bits per heavy atom. The first-order valence-electron chi connectivity index (χ1n) is 6.59. The van der Waals surface area contributed by atoms with Crippen molar-refractivity contribution in [1.29, 1.82) is 0 Å². The van der Waals surface area contributed by atoms with Gasteiger partial charge in [0.25, 0.3) is 0 Å². The zero-order valence-corrected chi connectivity index (χ0v) is 11.2. The Kier molecular flexibility index (Phi) is 2.69. The van der Waals surface area contributed by atoms with Crippen LogP contribution in [0.25, 0.3) is 11.4 Å². The van der Waals surface area contributed by atoms with Crippen LogP contribution in [0.15, 0.2) is 0 Å². The molecule has 1 aliphatic carbocycles. The molecule has 0 aromatic carbocycles. The lowest BCUT2D eigenvalue weighted by Gasteiger charge is -2.02. The minimum absolute atomic E-state index is 0.573. The quantitative estimate of drug-likeness (QED) is 0.884. The minimum Gasteiger partial charge on any atom is -0.272 e. The van der Waals surface area contributed by atoms with Gasteiger partial charge >= 0.3 is 0 Å². The zero-order valence-electron chi connectivity index (χ0n) is 11.2. The van der Waals surface area contributed by atoms with Crippen LogP contribution in [0.4, 0.5) is 0 Å². The van der Waals surface area contributed by atoms with Gasteiger partial charge in [0.05, 0.1) is 11.3 Å². The third kappa shape index (κ3) is 1.74. The summed E-state index contributed by atoms with van der Waals surface area (Å²) in [6.45, 7) is 4.06. The number of hydrogen-bond acceptors (Lipinski definition) is 3. The molecule has 0 radical (unpaired) electrons. The van der Waals surface area contributed by atoms with Crippen molar-refractivity contribution in [2.45, 2.75) is 45.4 Å². The number of aromatic amines is 1. The van der Waals surface area contributed by atoms with E-state index in [-0.39, 0.29) is 0 Å². The van der Waals surface area contributed by atoms with Gasteiger partial charge in [0.1, 0.15) is 5.82 Å². The van der Waals surface area contributed by atoms with Crippen molar-refractivity contribution in [1.82, 2.24) is 25.0 Å². The van der Waals surface area contributed by atoms with Gasteiger partial charge in [0, 0.05) is 18.7 Å². The molecular weight excluding hydrogens is 226 g/mol. The van der Waals surface area contributed by atoms with Gasteiger partial charge in [-0.15, -0.1) is 0 Å². The van der Waals surface area contributed by atoms with Crippen molar-refractivity contribution < 1.29 is 0 Å². The number of rotatable bonds is 2. The van der Waals surface area contributed by atoms with E-state index in [2.05, 4.69) is 27.2 Å². The topological polar surface area (TPSA) is 59.4 Å². The first-order valence-corrected chi connectivity index (χ1v) is 6.59. The largest absolute Gasteiger partial charge is 0.272 e. The van der Waals surface area contributed by atoms with E-state index in [9.17, 15) is 0 Å². The van der Waals surface area contributed by atoms with Crippen molar-refractivity contribution in [3.05, 3.63) is 17.2 Å². The van der Waals surface area contributed by atoms with Gasteiger partial charge < -0.3 is 0 Å². The number of nitrogens with one attached hydrogen (secondary N) is 1. The predicted octanol–water partition coefficient (Wildman–Crippen LogP) is 2.48. The minimum atomic E-state index is 0.573. The van der Waals surface area contributed by atoms with Crippen LogP contribution in [0, 0.1) is 13.8 Å². The maximum absolute atomic E-state index is 4.68. The molecule has 1 saturated carbocycles. The molecule has 0 spiro atoms. The van der Waals surface area contributed by atoms with Crippen LogP contribution in [-0.4, -0.2) is 25.0 Å². The second-order valence-corrected chi connectivity index (χ2v) is 5.20. The molecule has 0 amide bonds. The standard InChI is InChI=1S/C13H19N5/c1-8-11(9(2)18(3)17-8)13-14-12(15-16-13)10-6-4-5-7-10/h10H,4-7H2,1-3H3,(H,14,15,16). The van der Waals surface area contributed by atoms with Gasteiger partial charge in [-0.1, -0.05) is 12.8 Å². The maximum atomic E-state index is 4.68. The molecule has 0 saturated heterocycles. The molecule has 2 aromatic heterocycles. The van der Waals surface area contributed by atoms with Crippen molar-refractivity contribution in [3.63, 3.8) is 0 Å². The summed E-state index contributed by atoms with van der Waals surface area (Å²) in [6, 6.07) is 0. The Hall–Kier alpha value is -1.65. The molecule has 1 N–H and O–H groups in total. The summed E-state index contributed by atoms with van der Waals surface area (Å²) in [6.07, 6.45) is 5.09. The smallest absolute Gasteiger partial charge is 0.184 e. The molecule has 0 unspecified atom stereocenters. The molecular formula is C13H19N5. The lowest BCUT2D eigenvalue weighted by atomic mass is 10.1. The normalized spacial score (nSPS) is 16.6. The van der Waals surface area contributed by atoms with Gasteiger partial charge in [-0.2, -0.15) is 10.2 Å². The molecule has 96 valence electrons. The highest BCUT2D eigenvalue weighted by Crippen LogP contribution is 2.33. The Morgan fingerprint density at radius 2 is 1.94 bits per heavy atom. The summed E-state index contributed by atoms with van der Waals surface area (Å²) >= 11 is 0. The predicted molar refractivity (Wildman–Crippen MR) is 69.3 cm³/mol. The second kappa shape index (κ2) is 4.23. The number of aromatic nitrogens is 5. The first kappa shape index (κ1) is 11.4. The third-order valence-electron chi connectivity index (χ3n) is 3.98. The SMILES string of the molecule is Cc1nn(C)c(C)c1-c1n[nH]c(C2CCCC2)n1. The second-order valence-electron chi connectivity index (χ2n) is 5.20. The average molecular weight is 245 g/mol. The van der Waals surface area contributed by atoms with Crippen LogP contribution < -0.4 is 0 Å². The number of hydrogen-bond donors (Lipinski definition) is 1. The number of aryl methyl sites for hydroxylation is 2. The van der Waals surface area contributed by atoms with Crippen LogP contribution in [0.5, 0.6) is 0 Å². The van der Waals surface area contributed by atoms with Crippen LogP contribution >= 0.6 is 0 Å². The lowest BCUT2D eigenvalue weighted by Crippen LogP contribution is -1.95. The van der Waals surface area contributed by atoms with E-state index in [0.717, 1.165) is 28.6 Å². The molecule has 5 heteroatoms. The van der Waals surface area contributed by atoms with E-state index < -0.39 is 0 Å². The summed E-state index contributed by atoms with van der Waals surface area (Å²) in [7, 11) is 1.95. The highest BCUT2D eigenvalue weighted by molar-refractivity contribution is 5.60. The fourth-order valence-electron chi connectivity index (χ4n) is 2.87. The molecule has 2 aromatic rings. The average Bonchev–Trinajstić information content (AvgIpc) is 3.01. The molecule has 2 heterocycles. The van der Waals surface area contributed by atoms with E-state index in [1.54, 1.807) is 0 Å². The Bertz CT molecular complexity index is 560. The maximum Gasteiger partial charge on any atom is 0.184 e. The van der Waals surface area contributed by atoms with Gasteiger partial charge in [-0.25, -0.2) is 4.98 Å². The summed E-state index contributed by atoms with van der Waals surface area (Å²) in [5, 5.41) is 11.9. The molecule has 1 aliphatic rings. The van der Waals surface area contributed by atoms with Crippen molar-refractivity contribution in [3.8, 4) is 11.4 Å². The Morgan fingerprint density at radius 1 is 1.22 bits per heavy atom. The summed E-state index contributed by atoms with van der Waals surface area (Å²) in [4.78, 5) is 4.68. The van der Waals surface area contributed by atoms with E-state index in [1.807, 2.05) is 18.7 Å². The van der Waals surface area contributed by atoms with E-state index >= 15 is 0 Å². The molecule has 1 fully saturated rings. The summed E-state index contributed by atoms with van der Waals surface area (Å²) in [5.41, 5.74) is 3.18. The molecule has 5 nitrogen and oxygen atoms in total. The van der Waals surface area contributed by atoms with E-state index in [0.29, 0.717) is 5.92 Å². The molecule has 0 aliphatic heterocycles. The fraction of sp³-hybridized carbons (Fsp3) is 0.615. The highest BCUT2D eigenvalue weighted by atomic mass is 15.3. The summed E-state index contributed by atoms with van der Waals surface area (Å²) in [5.74, 6) is 2.41. The van der Waals surface area contributed by atoms with E-state index in [1.165, 1.54) is 25.7 Å². The zero-order chi connectivity index (χ0) is 12.7. The molecule has 18 heavy (non-hydrogen) atoms. The lowest BCUT2D eigenvalue weighted by molar-refractivity contribution is 0.672. The van der Waals surface area contributed by atoms with Gasteiger partial charge in [0.2, 0.25) is 0 Å². The number of H-pyrrole nitrogens is 1. The summed E-state index contributed by atoms with van der Waals surface area (Å²) < 4.78 is 1.89. The van der Waals surface area contributed by atoms with Gasteiger partial charge in [0.15, 0.2) is 5.82 Å². The monoisotopic (exact) mass is 245 g/mol. The Balaban J connectivity index is 1.97. The molecule has 0 atom stereocenters. The number of nitrogens with zero attached hydrogens (tertiary/aromatic N) is 4. The third-order valence-corrected chi connectivity index (χ3v) is 3.98. The van der Waals surface area contributed by atoms with Crippen LogP contribution in [-0.2, 0) is 7.05 Å². The van der Waals surface area contributed by atoms with Crippen LogP contribution in [0.2, 0.25) is 0 Å². The van der Waals surface area contributed by atoms with Crippen molar-refractivity contribution in [2.24, 2.45) is 7.05 Å².